The van der Waals surface area contributed by atoms with Gasteiger partial charge in [0, 0.05) is 19.6 Å². The van der Waals surface area contributed by atoms with Crippen LogP contribution in [-0.4, -0.2) is 48.9 Å². The lowest BCUT2D eigenvalue weighted by molar-refractivity contribution is -0.131. The molecule has 18 heavy (non-hydrogen) atoms. The van der Waals surface area contributed by atoms with Crippen LogP contribution in [0.1, 0.15) is 39.0 Å². The first-order valence-electron chi connectivity index (χ1n) is 6.87. The Labute approximate surface area is 111 Å². The Bertz CT molecular complexity index is 311. The Morgan fingerprint density at radius 2 is 2.00 bits per heavy atom. The topological polar surface area (TPSA) is 47.3 Å². The normalized spacial score (nSPS) is 23.7. The number of likely N-dealkylation sites (N-methyl/N-ethyl adjacent to an activating group) is 2. The molecule has 4 nitrogen and oxygen atoms in total. The SMILES string of the molecule is CC1CCCCC1N(C)CC(=O)N(C)CCC#N. The van der Waals surface area contributed by atoms with Crippen LogP contribution in [0.5, 0.6) is 0 Å². The second kappa shape index (κ2) is 7.38. The number of hydrogen-bond donors (Lipinski definition) is 0. The maximum Gasteiger partial charge on any atom is 0.236 e. The fraction of sp³-hybridized carbons (Fsp3) is 0.857. The summed E-state index contributed by atoms with van der Waals surface area (Å²) in [7, 11) is 3.82. The molecule has 2 atom stereocenters. The van der Waals surface area contributed by atoms with E-state index in [0.29, 0.717) is 31.5 Å². The molecule has 0 aromatic rings. The number of nitrogens with zero attached hydrogens (tertiary/aromatic N) is 3. The van der Waals surface area contributed by atoms with Crippen molar-refractivity contribution >= 4 is 5.91 Å². The van der Waals surface area contributed by atoms with Gasteiger partial charge in [-0.25, -0.2) is 0 Å². The number of nitriles is 1. The summed E-state index contributed by atoms with van der Waals surface area (Å²) in [4.78, 5) is 15.8. The molecule has 0 aromatic heterocycles. The van der Waals surface area contributed by atoms with Crippen molar-refractivity contribution in [1.29, 1.82) is 5.26 Å². The molecule has 0 bridgehead atoms. The summed E-state index contributed by atoms with van der Waals surface area (Å²) >= 11 is 0. The molecule has 102 valence electrons. The lowest BCUT2D eigenvalue weighted by Gasteiger charge is -2.36. The summed E-state index contributed by atoms with van der Waals surface area (Å²) in [5.74, 6) is 0.798. The zero-order chi connectivity index (χ0) is 13.5. The van der Waals surface area contributed by atoms with Crippen LogP contribution in [0.15, 0.2) is 0 Å². The highest BCUT2D eigenvalue weighted by atomic mass is 16.2. The Morgan fingerprint density at radius 1 is 1.33 bits per heavy atom. The molecule has 1 aliphatic carbocycles. The summed E-state index contributed by atoms with van der Waals surface area (Å²) in [6, 6.07) is 2.60. The van der Waals surface area contributed by atoms with Crippen molar-refractivity contribution in [2.75, 3.05) is 27.2 Å². The molecule has 2 unspecified atom stereocenters. The molecule has 1 fully saturated rings. The van der Waals surface area contributed by atoms with Gasteiger partial charge in [-0.05, 0) is 25.8 Å². The largest absolute Gasteiger partial charge is 0.344 e. The van der Waals surface area contributed by atoms with E-state index in [4.69, 9.17) is 5.26 Å². The van der Waals surface area contributed by atoms with Crippen molar-refractivity contribution in [3.63, 3.8) is 0 Å². The lowest BCUT2D eigenvalue weighted by atomic mass is 9.85. The van der Waals surface area contributed by atoms with Gasteiger partial charge >= 0.3 is 0 Å². The average Bonchev–Trinajstić information content (AvgIpc) is 2.36. The first-order valence-corrected chi connectivity index (χ1v) is 6.87. The molecule has 1 aliphatic rings. The molecule has 0 aliphatic heterocycles. The van der Waals surface area contributed by atoms with Gasteiger partial charge < -0.3 is 4.90 Å². The summed E-state index contributed by atoms with van der Waals surface area (Å²) in [6.07, 6.45) is 5.48. The first-order chi connectivity index (χ1) is 8.56. The van der Waals surface area contributed by atoms with Crippen molar-refractivity contribution in [3.8, 4) is 6.07 Å². The summed E-state index contributed by atoms with van der Waals surface area (Å²) < 4.78 is 0. The Kier molecular flexibility index (Phi) is 6.14. The quantitative estimate of drug-likeness (QED) is 0.749. The van der Waals surface area contributed by atoms with Gasteiger partial charge in [-0.15, -0.1) is 0 Å². The maximum atomic E-state index is 12.0. The summed E-state index contributed by atoms with van der Waals surface area (Å²) in [5.41, 5.74) is 0. The molecular formula is C14H25N3O. The molecule has 0 N–H and O–H groups in total. The van der Waals surface area contributed by atoms with E-state index >= 15 is 0 Å². The van der Waals surface area contributed by atoms with E-state index in [1.165, 1.54) is 25.7 Å². The highest BCUT2D eigenvalue weighted by molar-refractivity contribution is 5.78. The standard InChI is InChI=1S/C14H25N3O/c1-12-7-4-5-8-13(12)17(3)11-14(18)16(2)10-6-9-15/h12-13H,4-8,10-11H2,1-3H3. The Balaban J connectivity index is 2.40. The second-order valence-electron chi connectivity index (χ2n) is 5.47. The maximum absolute atomic E-state index is 12.0. The number of rotatable bonds is 5. The Hall–Kier alpha value is -1.08. The molecule has 4 heteroatoms. The summed E-state index contributed by atoms with van der Waals surface area (Å²) in [5, 5.41) is 8.52. The fourth-order valence-electron chi connectivity index (χ4n) is 2.75. The predicted molar refractivity (Wildman–Crippen MR) is 71.9 cm³/mol. The number of carbonyl (C=O) groups is 1. The average molecular weight is 251 g/mol. The minimum absolute atomic E-state index is 0.116. The summed E-state index contributed by atoms with van der Waals surface area (Å²) in [6.45, 7) is 3.28. The van der Waals surface area contributed by atoms with Gasteiger partial charge in [-0.3, -0.25) is 9.69 Å². The van der Waals surface area contributed by atoms with Crippen LogP contribution in [0.2, 0.25) is 0 Å². The molecule has 0 radical (unpaired) electrons. The van der Waals surface area contributed by atoms with E-state index in [1.54, 1.807) is 11.9 Å². The van der Waals surface area contributed by atoms with Crippen molar-refractivity contribution in [1.82, 2.24) is 9.80 Å². The van der Waals surface area contributed by atoms with Crippen molar-refractivity contribution in [2.24, 2.45) is 5.92 Å². The van der Waals surface area contributed by atoms with Gasteiger partial charge in [0.15, 0.2) is 0 Å². The molecule has 1 saturated carbocycles. The van der Waals surface area contributed by atoms with E-state index in [-0.39, 0.29) is 5.91 Å². The number of amides is 1. The highest BCUT2D eigenvalue weighted by Gasteiger charge is 2.26. The van der Waals surface area contributed by atoms with Crippen molar-refractivity contribution in [3.05, 3.63) is 0 Å². The molecule has 1 rings (SSSR count). The number of hydrogen-bond acceptors (Lipinski definition) is 3. The molecule has 0 saturated heterocycles. The molecular weight excluding hydrogens is 226 g/mol. The minimum atomic E-state index is 0.116. The van der Waals surface area contributed by atoms with E-state index in [2.05, 4.69) is 17.9 Å². The van der Waals surface area contributed by atoms with Crippen LogP contribution in [0, 0.1) is 17.2 Å². The van der Waals surface area contributed by atoms with Gasteiger partial charge in [0.25, 0.3) is 0 Å². The van der Waals surface area contributed by atoms with E-state index in [1.807, 2.05) is 7.05 Å². The monoisotopic (exact) mass is 251 g/mol. The van der Waals surface area contributed by atoms with Crippen LogP contribution < -0.4 is 0 Å². The zero-order valence-corrected chi connectivity index (χ0v) is 11.9. The van der Waals surface area contributed by atoms with Gasteiger partial charge in [0.05, 0.1) is 19.0 Å². The first kappa shape index (κ1) is 15.0. The fourth-order valence-corrected chi connectivity index (χ4v) is 2.75. The lowest BCUT2D eigenvalue weighted by Crippen LogP contribution is -2.45. The van der Waals surface area contributed by atoms with Crippen LogP contribution in [-0.2, 0) is 4.79 Å². The third-order valence-corrected chi connectivity index (χ3v) is 4.00. The number of carbonyl (C=O) groups excluding carboxylic acids is 1. The van der Waals surface area contributed by atoms with E-state index in [9.17, 15) is 4.79 Å². The van der Waals surface area contributed by atoms with E-state index < -0.39 is 0 Å². The van der Waals surface area contributed by atoms with Gasteiger partial charge in [0.2, 0.25) is 5.91 Å². The Morgan fingerprint density at radius 3 is 2.61 bits per heavy atom. The minimum Gasteiger partial charge on any atom is -0.344 e. The zero-order valence-electron chi connectivity index (χ0n) is 11.9. The third kappa shape index (κ3) is 4.30. The van der Waals surface area contributed by atoms with Gasteiger partial charge in [0.1, 0.15) is 0 Å². The van der Waals surface area contributed by atoms with Crippen molar-refractivity contribution in [2.45, 2.75) is 45.1 Å². The smallest absolute Gasteiger partial charge is 0.236 e. The second-order valence-corrected chi connectivity index (χ2v) is 5.47. The highest BCUT2D eigenvalue weighted by Crippen LogP contribution is 2.27. The van der Waals surface area contributed by atoms with Crippen LogP contribution in [0.25, 0.3) is 0 Å². The van der Waals surface area contributed by atoms with Crippen molar-refractivity contribution < 1.29 is 4.79 Å². The van der Waals surface area contributed by atoms with Gasteiger partial charge in [-0.2, -0.15) is 5.26 Å². The van der Waals surface area contributed by atoms with E-state index in [0.717, 1.165) is 0 Å². The van der Waals surface area contributed by atoms with Crippen LogP contribution in [0.4, 0.5) is 0 Å². The molecule has 0 aromatic carbocycles. The van der Waals surface area contributed by atoms with Crippen LogP contribution in [0.3, 0.4) is 0 Å². The molecule has 0 heterocycles. The predicted octanol–water partition coefficient (Wildman–Crippen LogP) is 1.87. The molecule has 1 amide bonds. The van der Waals surface area contributed by atoms with Gasteiger partial charge in [-0.1, -0.05) is 19.8 Å². The molecule has 0 spiro atoms. The third-order valence-electron chi connectivity index (χ3n) is 4.00. The van der Waals surface area contributed by atoms with Crippen LogP contribution >= 0.6 is 0 Å².